The molecule has 0 saturated carbocycles. The Kier molecular flexibility index (Phi) is 4.68. The molecule has 3 rings (SSSR count). The minimum atomic E-state index is -0.609. The highest BCUT2D eigenvalue weighted by molar-refractivity contribution is 7.18. The quantitative estimate of drug-likeness (QED) is 0.568. The number of thiazole rings is 1. The smallest absolute Gasteiger partial charge is 0.292 e. The van der Waals surface area contributed by atoms with Crippen molar-refractivity contribution < 1.29 is 9.59 Å². The second-order valence-electron chi connectivity index (χ2n) is 6.91. The molecule has 0 aliphatic heterocycles. The molecular formula is C20H20N2O2S. The van der Waals surface area contributed by atoms with Gasteiger partial charge in [0.05, 0.1) is 16.8 Å². The molecule has 0 atom stereocenters. The van der Waals surface area contributed by atoms with Gasteiger partial charge in [-0.3, -0.25) is 9.59 Å². The number of ketones is 1. The first-order valence-corrected chi connectivity index (χ1v) is 8.94. The topological polar surface area (TPSA) is 59.1 Å². The largest absolute Gasteiger partial charge is 0.343 e. The van der Waals surface area contributed by atoms with Crippen LogP contribution in [-0.4, -0.2) is 16.7 Å². The average molecular weight is 352 g/mol. The Balaban J connectivity index is 1.65. The molecule has 0 saturated heterocycles. The van der Waals surface area contributed by atoms with E-state index in [4.69, 9.17) is 0 Å². The summed E-state index contributed by atoms with van der Waals surface area (Å²) in [5.41, 5.74) is 2.44. The Morgan fingerprint density at radius 1 is 1.04 bits per heavy atom. The third-order valence-electron chi connectivity index (χ3n) is 3.96. The minimum Gasteiger partial charge on any atom is -0.343 e. The molecule has 0 fully saturated rings. The van der Waals surface area contributed by atoms with Crippen molar-refractivity contribution in [3.05, 3.63) is 64.7 Å². The van der Waals surface area contributed by atoms with E-state index >= 15 is 0 Å². The Hall–Kier alpha value is -2.53. The molecule has 1 N–H and O–H groups in total. The van der Waals surface area contributed by atoms with Gasteiger partial charge in [-0.2, -0.15) is 0 Å². The Bertz CT molecular complexity index is 888. The van der Waals surface area contributed by atoms with E-state index in [0.29, 0.717) is 5.56 Å². The first-order valence-electron chi connectivity index (χ1n) is 8.12. The van der Waals surface area contributed by atoms with Crippen LogP contribution in [0.1, 0.15) is 41.7 Å². The third-order valence-corrected chi connectivity index (χ3v) is 4.99. The number of carbonyl (C=O) groups excluding carboxylic acids is 2. The molecule has 0 bridgehead atoms. The summed E-state index contributed by atoms with van der Waals surface area (Å²) in [7, 11) is 0. The van der Waals surface area contributed by atoms with Crippen molar-refractivity contribution in [3.8, 4) is 0 Å². The van der Waals surface area contributed by atoms with Crippen molar-refractivity contribution >= 4 is 33.2 Å². The van der Waals surface area contributed by atoms with Crippen LogP contribution >= 0.6 is 11.3 Å². The Labute approximate surface area is 150 Å². The SMILES string of the molecule is CC(C)(C)c1ccc(C(=O)C(=O)NCc2nc3ccccc3s2)cc1. The minimum absolute atomic E-state index is 0.0106. The number of hydrogen-bond acceptors (Lipinski definition) is 4. The van der Waals surface area contributed by atoms with Crippen LogP contribution in [0, 0.1) is 0 Å². The molecule has 0 spiro atoms. The maximum Gasteiger partial charge on any atom is 0.292 e. The van der Waals surface area contributed by atoms with Crippen LogP contribution in [0.2, 0.25) is 0 Å². The second kappa shape index (κ2) is 6.76. The van der Waals surface area contributed by atoms with Crippen LogP contribution in [0.5, 0.6) is 0 Å². The number of rotatable bonds is 4. The zero-order valence-electron chi connectivity index (χ0n) is 14.5. The number of aromatic nitrogens is 1. The van der Waals surface area contributed by atoms with Crippen molar-refractivity contribution in [3.63, 3.8) is 0 Å². The lowest BCUT2D eigenvalue weighted by molar-refractivity contribution is -0.117. The van der Waals surface area contributed by atoms with Gasteiger partial charge in [-0.1, -0.05) is 57.2 Å². The van der Waals surface area contributed by atoms with Gasteiger partial charge in [-0.15, -0.1) is 11.3 Å². The van der Waals surface area contributed by atoms with Gasteiger partial charge in [0, 0.05) is 5.56 Å². The van der Waals surface area contributed by atoms with E-state index in [9.17, 15) is 9.59 Å². The van der Waals surface area contributed by atoms with E-state index in [2.05, 4.69) is 31.1 Å². The van der Waals surface area contributed by atoms with Crippen molar-refractivity contribution in [2.45, 2.75) is 32.7 Å². The first kappa shape index (κ1) is 17.3. The van der Waals surface area contributed by atoms with E-state index in [1.165, 1.54) is 11.3 Å². The lowest BCUT2D eigenvalue weighted by atomic mass is 9.86. The highest BCUT2D eigenvalue weighted by Crippen LogP contribution is 2.23. The lowest BCUT2D eigenvalue weighted by Gasteiger charge is -2.18. The third kappa shape index (κ3) is 3.94. The van der Waals surface area contributed by atoms with Gasteiger partial charge >= 0.3 is 0 Å². The predicted octanol–water partition coefficient (Wildman–Crippen LogP) is 4.09. The number of amides is 1. The first-order chi connectivity index (χ1) is 11.8. The zero-order valence-corrected chi connectivity index (χ0v) is 15.3. The van der Waals surface area contributed by atoms with Gasteiger partial charge in [0.25, 0.3) is 5.91 Å². The molecule has 5 heteroatoms. The van der Waals surface area contributed by atoms with Crippen LogP contribution in [0.25, 0.3) is 10.2 Å². The summed E-state index contributed by atoms with van der Waals surface area (Å²) in [6.07, 6.45) is 0. The molecule has 1 amide bonds. The summed E-state index contributed by atoms with van der Waals surface area (Å²) in [4.78, 5) is 28.8. The number of hydrogen-bond donors (Lipinski definition) is 1. The van der Waals surface area contributed by atoms with E-state index in [-0.39, 0.29) is 12.0 Å². The number of carbonyl (C=O) groups is 2. The van der Waals surface area contributed by atoms with Gasteiger partial charge in [0.1, 0.15) is 5.01 Å². The fourth-order valence-corrected chi connectivity index (χ4v) is 3.39. The molecule has 0 aliphatic carbocycles. The highest BCUT2D eigenvalue weighted by atomic mass is 32.1. The lowest BCUT2D eigenvalue weighted by Crippen LogP contribution is -2.30. The fourth-order valence-electron chi connectivity index (χ4n) is 2.48. The zero-order chi connectivity index (χ0) is 18.0. The normalized spacial score (nSPS) is 11.5. The fraction of sp³-hybridized carbons (Fsp3) is 0.250. The van der Waals surface area contributed by atoms with Gasteiger partial charge in [0.2, 0.25) is 5.78 Å². The molecule has 2 aromatic carbocycles. The summed E-state index contributed by atoms with van der Waals surface area (Å²) in [6.45, 7) is 6.57. The molecule has 1 heterocycles. The Morgan fingerprint density at radius 3 is 2.36 bits per heavy atom. The number of fused-ring (bicyclic) bond motifs is 1. The molecule has 3 aromatic rings. The number of nitrogens with one attached hydrogen (secondary N) is 1. The van der Waals surface area contributed by atoms with Gasteiger partial charge < -0.3 is 5.32 Å². The van der Waals surface area contributed by atoms with Crippen molar-refractivity contribution in [2.75, 3.05) is 0 Å². The van der Waals surface area contributed by atoms with Crippen molar-refractivity contribution in [2.24, 2.45) is 0 Å². The monoisotopic (exact) mass is 352 g/mol. The number of nitrogens with zero attached hydrogens (tertiary/aromatic N) is 1. The summed E-state index contributed by atoms with van der Waals surface area (Å²) < 4.78 is 1.07. The van der Waals surface area contributed by atoms with Crippen LogP contribution < -0.4 is 5.32 Å². The maximum absolute atomic E-state index is 12.3. The van der Waals surface area contributed by atoms with Gasteiger partial charge in [-0.25, -0.2) is 4.98 Å². The molecule has 25 heavy (non-hydrogen) atoms. The molecule has 0 unspecified atom stereocenters. The molecule has 128 valence electrons. The highest BCUT2D eigenvalue weighted by Gasteiger charge is 2.18. The van der Waals surface area contributed by atoms with Crippen LogP contribution in [-0.2, 0) is 16.8 Å². The van der Waals surface area contributed by atoms with E-state index in [1.54, 1.807) is 12.1 Å². The molecule has 0 radical (unpaired) electrons. The summed E-state index contributed by atoms with van der Waals surface area (Å²) in [5.74, 6) is -1.13. The van der Waals surface area contributed by atoms with Crippen LogP contribution in [0.15, 0.2) is 48.5 Å². The summed E-state index contributed by atoms with van der Waals surface area (Å²) in [6, 6.07) is 15.0. The number of benzene rings is 2. The van der Waals surface area contributed by atoms with Crippen molar-refractivity contribution in [1.29, 1.82) is 0 Å². The second-order valence-corrected chi connectivity index (χ2v) is 8.03. The van der Waals surface area contributed by atoms with Crippen molar-refractivity contribution in [1.82, 2.24) is 10.3 Å². The van der Waals surface area contributed by atoms with Gasteiger partial charge in [0.15, 0.2) is 0 Å². The summed E-state index contributed by atoms with van der Waals surface area (Å²) >= 11 is 1.51. The van der Waals surface area contributed by atoms with E-state index in [0.717, 1.165) is 20.8 Å². The van der Waals surface area contributed by atoms with E-state index in [1.807, 2.05) is 36.4 Å². The summed E-state index contributed by atoms with van der Waals surface area (Å²) in [5, 5.41) is 3.45. The van der Waals surface area contributed by atoms with Gasteiger partial charge in [-0.05, 0) is 23.1 Å². The maximum atomic E-state index is 12.3. The predicted molar refractivity (Wildman–Crippen MR) is 101 cm³/mol. The average Bonchev–Trinajstić information content (AvgIpc) is 3.01. The molecule has 0 aliphatic rings. The number of Topliss-reactive ketones (excluding diaryl/α,β-unsaturated/α-hetero) is 1. The Morgan fingerprint density at radius 2 is 1.72 bits per heavy atom. The van der Waals surface area contributed by atoms with E-state index < -0.39 is 11.7 Å². The molecular weight excluding hydrogens is 332 g/mol. The van der Waals surface area contributed by atoms with Crippen LogP contribution in [0.3, 0.4) is 0 Å². The van der Waals surface area contributed by atoms with Crippen LogP contribution in [0.4, 0.5) is 0 Å². The standard InChI is InChI=1S/C20H20N2O2S/c1-20(2,3)14-10-8-13(9-11-14)18(23)19(24)21-12-17-22-15-6-4-5-7-16(15)25-17/h4-11H,12H2,1-3H3,(H,21,24). The number of para-hydroxylation sites is 1. The molecule has 1 aromatic heterocycles. The molecule has 4 nitrogen and oxygen atoms in total.